The summed E-state index contributed by atoms with van der Waals surface area (Å²) in [5.41, 5.74) is 0.797. The minimum Gasteiger partial charge on any atom is -0.495 e. The number of methoxy groups -OCH3 is 1. The fourth-order valence-corrected chi connectivity index (χ4v) is 4.08. The van der Waals surface area contributed by atoms with E-state index in [-0.39, 0.29) is 4.90 Å². The molecule has 0 spiro atoms. The first kappa shape index (κ1) is 15.6. The Morgan fingerprint density at radius 2 is 1.90 bits per heavy atom. The van der Waals surface area contributed by atoms with E-state index in [4.69, 9.17) is 16.3 Å². The summed E-state index contributed by atoms with van der Waals surface area (Å²) in [6.07, 6.45) is 0. The fraction of sp³-hybridized carbons (Fsp3) is 0.538. The summed E-state index contributed by atoms with van der Waals surface area (Å²) < 4.78 is 32.1. The number of rotatable bonds is 3. The number of benzene rings is 1. The summed E-state index contributed by atoms with van der Waals surface area (Å²) in [5.74, 6) is 0.346. The monoisotopic (exact) mass is 319 g/mol. The molecule has 1 aliphatic rings. The maximum absolute atomic E-state index is 12.7. The number of aryl methyl sites for hydroxylation is 1. The molecule has 112 valence electrons. The summed E-state index contributed by atoms with van der Waals surface area (Å²) in [6, 6.07) is 3.15. The zero-order valence-electron chi connectivity index (χ0n) is 11.9. The van der Waals surface area contributed by atoms with E-state index in [9.17, 15) is 8.42 Å². The number of ether oxygens (including phenoxy) is 1. The van der Waals surface area contributed by atoms with Gasteiger partial charge in [-0.2, -0.15) is 4.31 Å². The molecule has 0 atom stereocenters. The van der Waals surface area contributed by atoms with Crippen molar-refractivity contribution in [3.63, 3.8) is 0 Å². The van der Waals surface area contributed by atoms with Crippen LogP contribution >= 0.6 is 11.6 Å². The maximum Gasteiger partial charge on any atom is 0.247 e. The average Bonchev–Trinajstić information content (AvgIpc) is 2.41. The third-order valence-electron chi connectivity index (χ3n) is 3.64. The van der Waals surface area contributed by atoms with Crippen molar-refractivity contribution < 1.29 is 18.1 Å². The van der Waals surface area contributed by atoms with Crippen molar-refractivity contribution in [1.29, 1.82) is 0 Å². The SMILES string of the molecule is COc1cc(C)c(Cl)cc1S(=O)(=O)N1CC[NH+](C)CC1. The van der Waals surface area contributed by atoms with Crippen LogP contribution in [0.2, 0.25) is 5.02 Å². The Balaban J connectivity index is 2.41. The van der Waals surface area contributed by atoms with Crippen LogP contribution in [0.3, 0.4) is 0 Å². The van der Waals surface area contributed by atoms with Crippen molar-refractivity contribution in [3.05, 3.63) is 22.7 Å². The average molecular weight is 320 g/mol. The highest BCUT2D eigenvalue weighted by Crippen LogP contribution is 2.32. The van der Waals surface area contributed by atoms with Gasteiger partial charge in [0.25, 0.3) is 0 Å². The molecule has 0 aromatic heterocycles. The van der Waals surface area contributed by atoms with E-state index < -0.39 is 10.0 Å². The second-order valence-corrected chi connectivity index (χ2v) is 7.43. The summed E-state index contributed by atoms with van der Waals surface area (Å²) in [4.78, 5) is 1.49. The van der Waals surface area contributed by atoms with Gasteiger partial charge in [-0.15, -0.1) is 0 Å². The van der Waals surface area contributed by atoms with Gasteiger partial charge in [-0.05, 0) is 24.6 Å². The molecule has 0 amide bonds. The number of nitrogens with one attached hydrogen (secondary N) is 1. The van der Waals surface area contributed by atoms with Crippen LogP contribution in [0.4, 0.5) is 0 Å². The van der Waals surface area contributed by atoms with Gasteiger partial charge in [0.15, 0.2) is 0 Å². The lowest BCUT2D eigenvalue weighted by molar-refractivity contribution is -0.883. The zero-order valence-corrected chi connectivity index (χ0v) is 13.5. The van der Waals surface area contributed by atoms with Crippen LogP contribution in [-0.2, 0) is 10.0 Å². The number of halogens is 1. The second kappa shape index (κ2) is 5.89. The van der Waals surface area contributed by atoms with Gasteiger partial charge in [-0.3, -0.25) is 0 Å². The summed E-state index contributed by atoms with van der Waals surface area (Å²) >= 11 is 6.07. The minimum atomic E-state index is -3.56. The molecule has 0 radical (unpaired) electrons. The van der Waals surface area contributed by atoms with Gasteiger partial charge in [-0.1, -0.05) is 11.6 Å². The van der Waals surface area contributed by atoms with Gasteiger partial charge in [0, 0.05) is 5.02 Å². The topological polar surface area (TPSA) is 51.1 Å². The number of sulfonamides is 1. The standard InChI is InChI=1S/C13H19ClN2O3S/c1-10-8-12(19-3)13(9-11(10)14)20(17,18)16-6-4-15(2)5-7-16/h8-9H,4-7H2,1-3H3/p+1. The number of piperazine rings is 1. The molecule has 1 N–H and O–H groups in total. The Morgan fingerprint density at radius 3 is 2.45 bits per heavy atom. The van der Waals surface area contributed by atoms with Crippen LogP contribution in [0.25, 0.3) is 0 Å². The van der Waals surface area contributed by atoms with Crippen LogP contribution in [0.5, 0.6) is 5.75 Å². The summed E-state index contributed by atoms with van der Waals surface area (Å²) in [6.45, 7) is 4.47. The predicted molar refractivity (Wildman–Crippen MR) is 78.1 cm³/mol. The Hall–Kier alpha value is -0.820. The largest absolute Gasteiger partial charge is 0.495 e. The first-order chi connectivity index (χ1) is 9.36. The third-order valence-corrected chi connectivity index (χ3v) is 5.97. The second-order valence-electron chi connectivity index (χ2n) is 5.11. The van der Waals surface area contributed by atoms with E-state index >= 15 is 0 Å². The molecule has 5 nitrogen and oxygen atoms in total. The molecule has 0 saturated carbocycles. The lowest BCUT2D eigenvalue weighted by atomic mass is 10.2. The van der Waals surface area contributed by atoms with Crippen molar-refractivity contribution in [2.75, 3.05) is 40.3 Å². The Bertz CT molecular complexity index is 596. The van der Waals surface area contributed by atoms with Crippen LogP contribution in [0.15, 0.2) is 17.0 Å². The highest BCUT2D eigenvalue weighted by Gasteiger charge is 2.31. The van der Waals surface area contributed by atoms with E-state index in [1.807, 2.05) is 6.92 Å². The molecule has 1 aliphatic heterocycles. The van der Waals surface area contributed by atoms with Crippen molar-refractivity contribution in [1.82, 2.24) is 4.31 Å². The Kier molecular flexibility index (Phi) is 4.59. The van der Waals surface area contributed by atoms with Crippen molar-refractivity contribution >= 4 is 21.6 Å². The summed E-state index contributed by atoms with van der Waals surface area (Å²) in [7, 11) is -0.0261. The van der Waals surface area contributed by atoms with Crippen LogP contribution in [-0.4, -0.2) is 53.1 Å². The first-order valence-electron chi connectivity index (χ1n) is 6.52. The number of nitrogens with zero attached hydrogens (tertiary/aromatic N) is 1. The first-order valence-corrected chi connectivity index (χ1v) is 8.33. The van der Waals surface area contributed by atoms with Crippen LogP contribution < -0.4 is 9.64 Å². The molecule has 0 unspecified atom stereocenters. The van der Waals surface area contributed by atoms with E-state index in [2.05, 4.69) is 7.05 Å². The van der Waals surface area contributed by atoms with E-state index in [0.717, 1.165) is 18.7 Å². The van der Waals surface area contributed by atoms with Crippen LogP contribution in [0.1, 0.15) is 5.56 Å². The van der Waals surface area contributed by atoms with Crippen molar-refractivity contribution in [3.8, 4) is 5.75 Å². The summed E-state index contributed by atoms with van der Waals surface area (Å²) in [5, 5.41) is 0.434. The van der Waals surface area contributed by atoms with Gasteiger partial charge in [0.2, 0.25) is 10.0 Å². The molecule has 0 bridgehead atoms. The smallest absolute Gasteiger partial charge is 0.247 e. The van der Waals surface area contributed by atoms with Gasteiger partial charge >= 0.3 is 0 Å². The van der Waals surface area contributed by atoms with E-state index in [1.54, 1.807) is 6.07 Å². The molecular weight excluding hydrogens is 300 g/mol. The molecule has 1 heterocycles. The number of hydrogen-bond donors (Lipinski definition) is 1. The lowest BCUT2D eigenvalue weighted by Crippen LogP contribution is -3.12. The maximum atomic E-state index is 12.7. The number of hydrogen-bond acceptors (Lipinski definition) is 3. The Labute approximate surface area is 125 Å². The number of likely N-dealkylation sites (N-methyl/N-ethyl adjacent to an activating group) is 1. The van der Waals surface area contributed by atoms with Gasteiger partial charge < -0.3 is 9.64 Å². The number of quaternary nitrogens is 1. The third kappa shape index (κ3) is 2.93. The molecule has 1 aromatic carbocycles. The lowest BCUT2D eigenvalue weighted by Gasteiger charge is -2.29. The normalized spacial score (nSPS) is 18.2. The molecule has 1 aromatic rings. The fourth-order valence-electron chi connectivity index (χ4n) is 2.25. The zero-order chi connectivity index (χ0) is 14.9. The molecule has 7 heteroatoms. The minimum absolute atomic E-state index is 0.148. The van der Waals surface area contributed by atoms with Gasteiger partial charge in [-0.25, -0.2) is 8.42 Å². The molecule has 2 rings (SSSR count). The van der Waals surface area contributed by atoms with E-state index in [0.29, 0.717) is 23.9 Å². The van der Waals surface area contributed by atoms with Crippen LogP contribution in [0, 0.1) is 6.92 Å². The highest BCUT2D eigenvalue weighted by atomic mass is 35.5. The Morgan fingerprint density at radius 1 is 1.30 bits per heavy atom. The van der Waals surface area contributed by atoms with Gasteiger partial charge in [0.05, 0.1) is 40.3 Å². The molecule has 0 aliphatic carbocycles. The predicted octanol–water partition coefficient (Wildman–Crippen LogP) is 0.176. The van der Waals surface area contributed by atoms with E-state index in [1.165, 1.54) is 22.4 Å². The molecule has 1 fully saturated rings. The molecule has 20 heavy (non-hydrogen) atoms. The van der Waals surface area contributed by atoms with Crippen molar-refractivity contribution in [2.45, 2.75) is 11.8 Å². The highest BCUT2D eigenvalue weighted by molar-refractivity contribution is 7.89. The van der Waals surface area contributed by atoms with Crippen molar-refractivity contribution in [2.24, 2.45) is 0 Å². The van der Waals surface area contributed by atoms with Gasteiger partial charge in [0.1, 0.15) is 10.6 Å². The molecule has 1 saturated heterocycles. The quantitative estimate of drug-likeness (QED) is 0.864. The molecular formula is C13H20ClN2O3S+.